The summed E-state index contributed by atoms with van der Waals surface area (Å²) in [5, 5.41) is 16.9. The molecule has 0 radical (unpaired) electrons. The monoisotopic (exact) mass is 580 g/mol. The summed E-state index contributed by atoms with van der Waals surface area (Å²) in [6.45, 7) is 6.18. The summed E-state index contributed by atoms with van der Waals surface area (Å²) in [5.74, 6) is -2.09. The number of hydrogen-bond acceptors (Lipinski definition) is 7. The number of primary amides is 1. The van der Waals surface area contributed by atoms with Crippen LogP contribution in [0.5, 0.6) is 0 Å². The lowest BCUT2D eigenvalue weighted by molar-refractivity contribution is -0.160. The first-order chi connectivity index (χ1) is 19.9. The minimum atomic E-state index is -1.20. The van der Waals surface area contributed by atoms with Gasteiger partial charge in [0.25, 0.3) is 0 Å². The number of aliphatic hydroxyl groups excluding tert-OH is 1. The highest BCUT2D eigenvalue weighted by Crippen LogP contribution is 2.22. The minimum absolute atomic E-state index is 0.129. The number of rotatable bonds is 14. The number of hydrogen-bond donors (Lipinski definition) is 4. The molecule has 10 heteroatoms. The second-order valence-corrected chi connectivity index (χ2v) is 11.8. The molecule has 0 spiro atoms. The summed E-state index contributed by atoms with van der Waals surface area (Å²) in [7, 11) is 0. The Morgan fingerprint density at radius 1 is 1.00 bits per heavy atom. The highest BCUT2D eigenvalue weighted by Gasteiger charge is 2.37. The number of aliphatic hydroxyl groups is 1. The highest BCUT2D eigenvalue weighted by molar-refractivity contribution is 5.91. The number of nitrogens with one attached hydrogen (secondary N) is 2. The molecule has 3 rings (SSSR count). The van der Waals surface area contributed by atoms with Crippen LogP contribution in [0, 0.1) is 0 Å². The third-order valence-corrected chi connectivity index (χ3v) is 7.10. The van der Waals surface area contributed by atoms with Crippen molar-refractivity contribution in [3.8, 4) is 0 Å². The Hall–Kier alpha value is -3.76. The molecule has 0 aliphatic carbocycles. The first-order valence-electron chi connectivity index (χ1n) is 14.5. The maximum atomic E-state index is 13.4. The van der Waals surface area contributed by atoms with Crippen LogP contribution in [-0.2, 0) is 36.8 Å². The lowest BCUT2D eigenvalue weighted by Crippen LogP contribution is -2.56. The molecule has 228 valence electrons. The normalized spacial score (nSPS) is 17.6. The van der Waals surface area contributed by atoms with E-state index >= 15 is 0 Å². The van der Waals surface area contributed by atoms with E-state index in [1.165, 1.54) is 0 Å². The van der Waals surface area contributed by atoms with Gasteiger partial charge in [0, 0.05) is 13.0 Å². The number of amides is 3. The average Bonchev–Trinajstić information content (AvgIpc) is 3.39. The van der Waals surface area contributed by atoms with Gasteiger partial charge in [-0.1, -0.05) is 60.7 Å². The highest BCUT2D eigenvalue weighted by atomic mass is 16.6. The maximum Gasteiger partial charge on any atom is 0.323 e. The van der Waals surface area contributed by atoms with E-state index < -0.39 is 47.6 Å². The van der Waals surface area contributed by atoms with Crippen molar-refractivity contribution in [2.24, 2.45) is 5.73 Å². The van der Waals surface area contributed by atoms with Crippen LogP contribution in [0.2, 0.25) is 0 Å². The SMILES string of the molecule is CC(C)(C)OC(=O)[C@@H]1CCCN1C[C@@H](O)[C@H](Cc1ccccc1)NC(=O)[C@H](CC(N)=O)NC(=O)CCc1ccccc1. The second kappa shape index (κ2) is 15.5. The lowest BCUT2D eigenvalue weighted by Gasteiger charge is -2.32. The molecule has 0 bridgehead atoms. The first kappa shape index (κ1) is 32.8. The fraction of sp³-hybridized carbons (Fsp3) is 0.500. The zero-order valence-electron chi connectivity index (χ0n) is 24.8. The van der Waals surface area contributed by atoms with Gasteiger partial charge in [0.05, 0.1) is 18.6 Å². The van der Waals surface area contributed by atoms with Crippen LogP contribution >= 0.6 is 0 Å². The topological polar surface area (TPSA) is 151 Å². The van der Waals surface area contributed by atoms with Crippen molar-refractivity contribution in [3.05, 3.63) is 71.8 Å². The van der Waals surface area contributed by atoms with Gasteiger partial charge in [0.2, 0.25) is 17.7 Å². The molecule has 2 aromatic rings. The molecular weight excluding hydrogens is 536 g/mol. The van der Waals surface area contributed by atoms with Crippen molar-refractivity contribution in [1.29, 1.82) is 0 Å². The van der Waals surface area contributed by atoms with Crippen molar-refractivity contribution in [3.63, 3.8) is 0 Å². The maximum absolute atomic E-state index is 13.4. The van der Waals surface area contributed by atoms with E-state index in [9.17, 15) is 24.3 Å². The third-order valence-electron chi connectivity index (χ3n) is 7.10. The number of nitrogens with two attached hydrogens (primary N) is 1. The van der Waals surface area contributed by atoms with Crippen LogP contribution in [0.15, 0.2) is 60.7 Å². The number of carbonyl (C=O) groups excluding carboxylic acids is 4. The smallest absolute Gasteiger partial charge is 0.323 e. The van der Waals surface area contributed by atoms with Gasteiger partial charge in [0.1, 0.15) is 17.7 Å². The van der Waals surface area contributed by atoms with Gasteiger partial charge in [-0.2, -0.15) is 0 Å². The van der Waals surface area contributed by atoms with Crippen LogP contribution in [-0.4, -0.2) is 76.6 Å². The van der Waals surface area contributed by atoms with Gasteiger partial charge in [-0.25, -0.2) is 0 Å². The Kier molecular flexibility index (Phi) is 12.1. The average molecular weight is 581 g/mol. The van der Waals surface area contributed by atoms with Gasteiger partial charge in [-0.3, -0.25) is 24.1 Å². The van der Waals surface area contributed by atoms with Gasteiger partial charge in [0.15, 0.2) is 0 Å². The molecule has 1 fully saturated rings. The molecule has 0 aromatic heterocycles. The third kappa shape index (κ3) is 10.9. The zero-order valence-corrected chi connectivity index (χ0v) is 24.8. The van der Waals surface area contributed by atoms with Gasteiger partial charge in [-0.15, -0.1) is 0 Å². The summed E-state index contributed by atoms with van der Waals surface area (Å²) in [6, 6.07) is 16.4. The molecule has 4 atom stereocenters. The van der Waals surface area contributed by atoms with Crippen molar-refractivity contribution >= 4 is 23.7 Å². The summed E-state index contributed by atoms with van der Waals surface area (Å²) in [6.07, 6.45) is 0.855. The molecule has 1 saturated heterocycles. The van der Waals surface area contributed by atoms with Crippen molar-refractivity contribution in [2.45, 2.75) is 89.1 Å². The van der Waals surface area contributed by atoms with E-state index in [0.717, 1.165) is 17.5 Å². The van der Waals surface area contributed by atoms with Crippen LogP contribution < -0.4 is 16.4 Å². The number of nitrogens with zero attached hydrogens (tertiary/aromatic N) is 1. The van der Waals surface area contributed by atoms with E-state index in [2.05, 4.69) is 10.6 Å². The Morgan fingerprint density at radius 3 is 2.21 bits per heavy atom. The van der Waals surface area contributed by atoms with Crippen LogP contribution in [0.25, 0.3) is 0 Å². The Morgan fingerprint density at radius 2 is 1.62 bits per heavy atom. The Bertz CT molecular complexity index is 1180. The van der Waals surface area contributed by atoms with Crippen molar-refractivity contribution < 1.29 is 29.0 Å². The van der Waals surface area contributed by atoms with Gasteiger partial charge >= 0.3 is 5.97 Å². The van der Waals surface area contributed by atoms with E-state index in [4.69, 9.17) is 10.5 Å². The molecular formula is C32H44N4O6. The fourth-order valence-electron chi connectivity index (χ4n) is 5.06. The molecule has 3 amide bonds. The van der Waals surface area contributed by atoms with Crippen LogP contribution in [0.4, 0.5) is 0 Å². The zero-order chi connectivity index (χ0) is 30.7. The van der Waals surface area contributed by atoms with E-state index in [0.29, 0.717) is 25.8 Å². The number of likely N-dealkylation sites (tertiary alicyclic amines) is 1. The standard InChI is InChI=1S/C32H44N4O6/c1-32(2,3)42-31(41)26-15-10-18-36(26)21-27(37)24(19-23-13-8-5-9-14-23)35-30(40)25(20-28(33)38)34-29(39)17-16-22-11-6-4-7-12-22/h4-9,11-14,24-27,37H,10,15-21H2,1-3H3,(H2,33,38)(H,34,39)(H,35,40)/t24-,25-,26-,27+/m0/s1. The van der Waals surface area contributed by atoms with E-state index in [1.54, 1.807) is 0 Å². The Labute approximate surface area is 248 Å². The first-order valence-corrected chi connectivity index (χ1v) is 14.5. The largest absolute Gasteiger partial charge is 0.459 e. The Balaban J connectivity index is 1.71. The number of β-amino-alcohol motifs (C(OH)–C–C–N with tert-alkyl or cyclic N) is 1. The van der Waals surface area contributed by atoms with E-state index in [-0.39, 0.29) is 25.4 Å². The fourth-order valence-corrected chi connectivity index (χ4v) is 5.06. The number of benzene rings is 2. The molecule has 1 aliphatic rings. The lowest BCUT2D eigenvalue weighted by atomic mass is 9.99. The molecule has 5 N–H and O–H groups in total. The summed E-state index contributed by atoms with van der Waals surface area (Å²) >= 11 is 0. The summed E-state index contributed by atoms with van der Waals surface area (Å²) in [5.41, 5.74) is 6.64. The molecule has 2 aromatic carbocycles. The second-order valence-electron chi connectivity index (χ2n) is 11.8. The summed E-state index contributed by atoms with van der Waals surface area (Å²) in [4.78, 5) is 52.7. The number of carbonyl (C=O) groups is 4. The number of esters is 1. The molecule has 0 saturated carbocycles. The molecule has 1 heterocycles. The van der Waals surface area contributed by atoms with E-state index in [1.807, 2.05) is 86.3 Å². The number of aryl methyl sites for hydroxylation is 1. The quantitative estimate of drug-likeness (QED) is 0.249. The van der Waals surface area contributed by atoms with Gasteiger partial charge < -0.3 is 26.2 Å². The van der Waals surface area contributed by atoms with Gasteiger partial charge in [-0.05, 0) is 64.1 Å². The molecule has 10 nitrogen and oxygen atoms in total. The van der Waals surface area contributed by atoms with Crippen molar-refractivity contribution in [2.75, 3.05) is 13.1 Å². The molecule has 0 unspecified atom stereocenters. The molecule has 42 heavy (non-hydrogen) atoms. The predicted octanol–water partition coefficient (Wildman–Crippen LogP) is 1.87. The van der Waals surface area contributed by atoms with Crippen molar-refractivity contribution in [1.82, 2.24) is 15.5 Å². The van der Waals surface area contributed by atoms with Crippen LogP contribution in [0.1, 0.15) is 57.6 Å². The minimum Gasteiger partial charge on any atom is -0.459 e. The predicted molar refractivity (Wildman–Crippen MR) is 159 cm³/mol. The summed E-state index contributed by atoms with van der Waals surface area (Å²) < 4.78 is 5.59. The van der Waals surface area contributed by atoms with Crippen LogP contribution in [0.3, 0.4) is 0 Å². The number of ether oxygens (including phenoxy) is 1. The molecule has 1 aliphatic heterocycles.